The number of carbonyl (C=O) groups excluding carboxylic acids is 1. The number of aromatic nitrogens is 1. The molecule has 1 fully saturated rings. The van der Waals surface area contributed by atoms with E-state index in [4.69, 9.17) is 9.47 Å². The molecule has 0 bridgehead atoms. The average Bonchev–Trinajstić information content (AvgIpc) is 3.13. The van der Waals surface area contributed by atoms with E-state index in [9.17, 15) is 14.7 Å². The summed E-state index contributed by atoms with van der Waals surface area (Å²) in [5, 5.41) is 13.7. The fourth-order valence-electron chi connectivity index (χ4n) is 3.66. The number of amides is 1. The third-order valence-corrected chi connectivity index (χ3v) is 5.12. The first-order chi connectivity index (χ1) is 13.0. The fourth-order valence-corrected chi connectivity index (χ4v) is 3.66. The summed E-state index contributed by atoms with van der Waals surface area (Å²) in [7, 11) is 2.95. The minimum absolute atomic E-state index is 0.255. The molecule has 8 nitrogen and oxygen atoms in total. The number of fused-ring (bicyclic) bond motifs is 1. The highest BCUT2D eigenvalue weighted by Crippen LogP contribution is 2.35. The number of hydrogen-bond acceptors (Lipinski definition) is 6. The summed E-state index contributed by atoms with van der Waals surface area (Å²) in [6.45, 7) is 4.46. The number of nitrogens with one attached hydrogen (secondary N) is 2. The van der Waals surface area contributed by atoms with E-state index in [1.807, 2.05) is 0 Å². The summed E-state index contributed by atoms with van der Waals surface area (Å²) in [6, 6.07) is 3.34. The number of pyridine rings is 1. The molecule has 8 heteroatoms. The molecule has 27 heavy (non-hydrogen) atoms. The van der Waals surface area contributed by atoms with Crippen molar-refractivity contribution in [1.29, 1.82) is 0 Å². The lowest BCUT2D eigenvalue weighted by atomic mass is 10.1. The van der Waals surface area contributed by atoms with E-state index in [0.29, 0.717) is 28.9 Å². The number of nitrogens with zero attached hydrogens (tertiary/aromatic N) is 1. The van der Waals surface area contributed by atoms with Gasteiger partial charge in [0, 0.05) is 24.0 Å². The van der Waals surface area contributed by atoms with E-state index in [1.54, 1.807) is 6.07 Å². The zero-order chi connectivity index (χ0) is 19.6. The van der Waals surface area contributed by atoms with Gasteiger partial charge in [-0.05, 0) is 32.0 Å². The van der Waals surface area contributed by atoms with E-state index < -0.39 is 11.5 Å². The second kappa shape index (κ2) is 7.87. The summed E-state index contributed by atoms with van der Waals surface area (Å²) in [5.74, 6) is -0.152. The molecule has 146 valence electrons. The van der Waals surface area contributed by atoms with Crippen LogP contribution in [-0.4, -0.2) is 60.8 Å². The highest BCUT2D eigenvalue weighted by Gasteiger charge is 2.25. The number of rotatable bonds is 6. The number of carbonyl (C=O) groups is 1. The van der Waals surface area contributed by atoms with Crippen LogP contribution in [0.4, 0.5) is 0 Å². The third kappa shape index (κ3) is 3.57. The Morgan fingerprint density at radius 2 is 2.04 bits per heavy atom. The molecule has 1 amide bonds. The van der Waals surface area contributed by atoms with Crippen LogP contribution in [-0.2, 0) is 0 Å². The van der Waals surface area contributed by atoms with E-state index in [-0.39, 0.29) is 17.4 Å². The topological polar surface area (TPSA) is 104 Å². The maximum absolute atomic E-state index is 12.6. The van der Waals surface area contributed by atoms with Crippen LogP contribution in [0.3, 0.4) is 0 Å². The Bertz CT molecular complexity index is 908. The molecule has 3 N–H and O–H groups in total. The molecule has 1 unspecified atom stereocenters. The maximum Gasteiger partial charge on any atom is 0.265 e. The van der Waals surface area contributed by atoms with Crippen molar-refractivity contribution >= 4 is 16.8 Å². The predicted molar refractivity (Wildman–Crippen MR) is 102 cm³/mol. The van der Waals surface area contributed by atoms with E-state index in [2.05, 4.69) is 22.1 Å². The number of likely N-dealkylation sites (tertiary alicyclic amines) is 1. The van der Waals surface area contributed by atoms with Crippen molar-refractivity contribution in [2.75, 3.05) is 33.9 Å². The molecule has 0 saturated carbocycles. The van der Waals surface area contributed by atoms with Crippen LogP contribution >= 0.6 is 0 Å². The summed E-state index contributed by atoms with van der Waals surface area (Å²) >= 11 is 0. The molecule has 0 radical (unpaired) electrons. The molecule has 1 saturated heterocycles. The molecular formula is C19H25N3O5. The van der Waals surface area contributed by atoms with Gasteiger partial charge in [0.2, 0.25) is 0 Å². The minimum Gasteiger partial charge on any atom is -0.506 e. The second-order valence-corrected chi connectivity index (χ2v) is 6.57. The van der Waals surface area contributed by atoms with Crippen molar-refractivity contribution in [2.45, 2.75) is 25.8 Å². The monoisotopic (exact) mass is 375 g/mol. The van der Waals surface area contributed by atoms with Gasteiger partial charge in [0.25, 0.3) is 11.5 Å². The van der Waals surface area contributed by atoms with Gasteiger partial charge in [-0.15, -0.1) is 0 Å². The Balaban J connectivity index is 1.91. The Labute approximate surface area is 157 Å². The van der Waals surface area contributed by atoms with Crippen LogP contribution in [0.15, 0.2) is 16.9 Å². The molecule has 2 heterocycles. The van der Waals surface area contributed by atoms with Crippen molar-refractivity contribution in [3.63, 3.8) is 0 Å². The molecular weight excluding hydrogens is 350 g/mol. The van der Waals surface area contributed by atoms with E-state index >= 15 is 0 Å². The number of aromatic amines is 1. The summed E-state index contributed by atoms with van der Waals surface area (Å²) in [5.41, 5.74) is -0.584. The Morgan fingerprint density at radius 1 is 1.33 bits per heavy atom. The highest BCUT2D eigenvalue weighted by molar-refractivity contribution is 6.02. The van der Waals surface area contributed by atoms with Crippen LogP contribution in [0, 0.1) is 0 Å². The van der Waals surface area contributed by atoms with Gasteiger partial charge in [-0.2, -0.15) is 0 Å². The smallest absolute Gasteiger partial charge is 0.265 e. The van der Waals surface area contributed by atoms with Crippen molar-refractivity contribution < 1.29 is 19.4 Å². The second-order valence-electron chi connectivity index (χ2n) is 6.57. The first-order valence-electron chi connectivity index (χ1n) is 9.03. The lowest BCUT2D eigenvalue weighted by Gasteiger charge is -2.22. The van der Waals surface area contributed by atoms with Gasteiger partial charge in [-0.25, -0.2) is 0 Å². The minimum atomic E-state index is -0.650. The predicted octanol–water partition coefficient (Wildman–Crippen LogP) is 1.46. The normalized spacial score (nSPS) is 17.2. The Morgan fingerprint density at radius 3 is 2.70 bits per heavy atom. The number of ether oxygens (including phenoxy) is 2. The highest BCUT2D eigenvalue weighted by atomic mass is 16.5. The average molecular weight is 375 g/mol. The van der Waals surface area contributed by atoms with Crippen molar-refractivity contribution in [1.82, 2.24) is 15.2 Å². The van der Waals surface area contributed by atoms with Crippen LogP contribution in [0.5, 0.6) is 17.2 Å². The zero-order valence-electron chi connectivity index (χ0n) is 15.8. The van der Waals surface area contributed by atoms with Gasteiger partial charge in [0.05, 0.1) is 19.7 Å². The quantitative estimate of drug-likeness (QED) is 0.706. The number of H-pyrrole nitrogens is 1. The standard InChI is InChI=1S/C19H25N3O5/c1-4-22-7-5-6-11(22)10-20-18(24)16-17(23)12-8-14(26-2)15(27-3)9-13(12)21-19(16)25/h8-9,11H,4-7,10H2,1-3H3,(H,20,24)(H2,21,23,25). The van der Waals surface area contributed by atoms with Crippen molar-refractivity contribution in [3.8, 4) is 17.2 Å². The summed E-state index contributed by atoms with van der Waals surface area (Å²) in [4.78, 5) is 29.9. The van der Waals surface area contributed by atoms with Crippen molar-refractivity contribution in [3.05, 3.63) is 28.0 Å². The van der Waals surface area contributed by atoms with Crippen LogP contribution in [0.1, 0.15) is 30.1 Å². The third-order valence-electron chi connectivity index (χ3n) is 5.12. The first kappa shape index (κ1) is 19.0. The van der Waals surface area contributed by atoms with Gasteiger partial charge in [-0.1, -0.05) is 6.92 Å². The molecule has 2 aromatic rings. The molecule has 3 rings (SSSR count). The lowest BCUT2D eigenvalue weighted by Crippen LogP contribution is -2.41. The molecule has 1 aromatic heterocycles. The van der Waals surface area contributed by atoms with E-state index in [0.717, 1.165) is 25.9 Å². The van der Waals surface area contributed by atoms with Gasteiger partial charge in [0.15, 0.2) is 11.5 Å². The fraction of sp³-hybridized carbons (Fsp3) is 0.474. The zero-order valence-corrected chi connectivity index (χ0v) is 15.8. The largest absolute Gasteiger partial charge is 0.506 e. The van der Waals surface area contributed by atoms with Gasteiger partial charge in [-0.3, -0.25) is 14.5 Å². The molecule has 1 aliphatic heterocycles. The molecule has 1 aromatic carbocycles. The number of aromatic hydroxyl groups is 1. The summed E-state index contributed by atoms with van der Waals surface area (Å²) < 4.78 is 10.4. The lowest BCUT2D eigenvalue weighted by molar-refractivity contribution is 0.0937. The van der Waals surface area contributed by atoms with Gasteiger partial charge < -0.3 is 24.9 Å². The summed E-state index contributed by atoms with van der Waals surface area (Å²) in [6.07, 6.45) is 2.10. The van der Waals surface area contributed by atoms with Crippen molar-refractivity contribution in [2.24, 2.45) is 0 Å². The molecule has 0 aliphatic carbocycles. The molecule has 0 spiro atoms. The van der Waals surface area contributed by atoms with Crippen LogP contribution in [0.2, 0.25) is 0 Å². The number of hydrogen-bond donors (Lipinski definition) is 3. The maximum atomic E-state index is 12.6. The first-order valence-corrected chi connectivity index (χ1v) is 9.03. The van der Waals surface area contributed by atoms with Crippen LogP contribution in [0.25, 0.3) is 10.9 Å². The van der Waals surface area contributed by atoms with Gasteiger partial charge in [0.1, 0.15) is 11.3 Å². The number of methoxy groups -OCH3 is 2. The molecule has 1 atom stereocenters. The molecule has 1 aliphatic rings. The Kier molecular flexibility index (Phi) is 5.55. The van der Waals surface area contributed by atoms with Gasteiger partial charge >= 0.3 is 0 Å². The number of likely N-dealkylation sites (N-methyl/N-ethyl adjacent to an activating group) is 1. The van der Waals surface area contributed by atoms with Crippen LogP contribution < -0.4 is 20.3 Å². The number of benzene rings is 1. The SMILES string of the molecule is CCN1CCCC1CNC(=O)c1c(O)c2cc(OC)c(OC)cc2[nH]c1=O. The Hall–Kier alpha value is -2.74. The van der Waals surface area contributed by atoms with E-state index in [1.165, 1.54) is 20.3 Å².